The summed E-state index contributed by atoms with van der Waals surface area (Å²) in [6.45, 7) is 1.88. The van der Waals surface area contributed by atoms with Gasteiger partial charge in [0.15, 0.2) is 0 Å². The first-order valence-electron chi connectivity index (χ1n) is 7.39. The quantitative estimate of drug-likeness (QED) is 0.643. The van der Waals surface area contributed by atoms with Crippen LogP contribution in [0.15, 0.2) is 42.0 Å². The molecule has 0 unspecified atom stereocenters. The van der Waals surface area contributed by atoms with Gasteiger partial charge in [0.2, 0.25) is 0 Å². The third kappa shape index (κ3) is 4.52. The summed E-state index contributed by atoms with van der Waals surface area (Å²) in [4.78, 5) is 12.4. The summed E-state index contributed by atoms with van der Waals surface area (Å²) < 4.78 is 10.3. The molecule has 0 aliphatic carbocycles. The SMILES string of the molecule is COc1ccc(/C=C(\C#N)C(=O)Nc2cc(Cl)ccc2OC)c(C)c1. The van der Waals surface area contributed by atoms with E-state index in [4.69, 9.17) is 21.1 Å². The van der Waals surface area contributed by atoms with E-state index in [0.717, 1.165) is 11.1 Å². The van der Waals surface area contributed by atoms with Crippen LogP contribution in [0.5, 0.6) is 11.5 Å². The average Bonchev–Trinajstić information content (AvgIpc) is 2.60. The Kier molecular flexibility index (Phi) is 6.04. The molecule has 128 valence electrons. The second-order valence-electron chi connectivity index (χ2n) is 5.19. The van der Waals surface area contributed by atoms with E-state index in [1.807, 2.05) is 19.1 Å². The number of anilines is 1. The van der Waals surface area contributed by atoms with Gasteiger partial charge in [-0.15, -0.1) is 0 Å². The number of hydrogen-bond acceptors (Lipinski definition) is 4. The molecular formula is C19H17ClN2O3. The molecule has 25 heavy (non-hydrogen) atoms. The maximum Gasteiger partial charge on any atom is 0.266 e. The first-order chi connectivity index (χ1) is 12.0. The summed E-state index contributed by atoms with van der Waals surface area (Å²) in [5.41, 5.74) is 2.01. The zero-order chi connectivity index (χ0) is 18.4. The number of benzene rings is 2. The van der Waals surface area contributed by atoms with Gasteiger partial charge in [-0.25, -0.2) is 0 Å². The predicted molar refractivity (Wildman–Crippen MR) is 98.0 cm³/mol. The lowest BCUT2D eigenvalue weighted by molar-refractivity contribution is -0.112. The molecule has 0 fully saturated rings. The minimum Gasteiger partial charge on any atom is -0.497 e. The molecular weight excluding hydrogens is 340 g/mol. The Balaban J connectivity index is 2.30. The molecule has 0 heterocycles. The van der Waals surface area contributed by atoms with Crippen LogP contribution in [-0.2, 0) is 4.79 Å². The Bertz CT molecular complexity index is 869. The fourth-order valence-electron chi connectivity index (χ4n) is 2.21. The highest BCUT2D eigenvalue weighted by Crippen LogP contribution is 2.28. The molecule has 0 spiro atoms. The van der Waals surface area contributed by atoms with Gasteiger partial charge in [0.05, 0.1) is 19.9 Å². The van der Waals surface area contributed by atoms with Crippen LogP contribution in [0.25, 0.3) is 6.08 Å². The predicted octanol–water partition coefficient (Wildman–Crippen LogP) is 4.21. The maximum atomic E-state index is 12.4. The molecule has 0 aromatic heterocycles. The highest BCUT2D eigenvalue weighted by Gasteiger charge is 2.13. The van der Waals surface area contributed by atoms with E-state index in [9.17, 15) is 10.1 Å². The second kappa shape index (κ2) is 8.22. The van der Waals surface area contributed by atoms with E-state index < -0.39 is 5.91 Å². The molecule has 0 bridgehead atoms. The molecule has 6 heteroatoms. The topological polar surface area (TPSA) is 71.3 Å². The Morgan fingerprint density at radius 1 is 1.20 bits per heavy atom. The third-order valence-electron chi connectivity index (χ3n) is 3.55. The first-order valence-corrected chi connectivity index (χ1v) is 7.77. The number of nitrogens with zero attached hydrogens (tertiary/aromatic N) is 1. The molecule has 0 saturated heterocycles. The normalized spacial score (nSPS) is 10.8. The van der Waals surface area contributed by atoms with Gasteiger partial charge in [-0.05, 0) is 54.5 Å². The summed E-state index contributed by atoms with van der Waals surface area (Å²) in [6.07, 6.45) is 1.53. The molecule has 0 radical (unpaired) electrons. The lowest BCUT2D eigenvalue weighted by Gasteiger charge is -2.10. The number of methoxy groups -OCH3 is 2. The van der Waals surface area contributed by atoms with Crippen LogP contribution in [0.4, 0.5) is 5.69 Å². The number of aryl methyl sites for hydroxylation is 1. The van der Waals surface area contributed by atoms with Crippen molar-refractivity contribution in [3.63, 3.8) is 0 Å². The number of nitrogens with one attached hydrogen (secondary N) is 1. The van der Waals surface area contributed by atoms with E-state index in [1.165, 1.54) is 13.2 Å². The second-order valence-corrected chi connectivity index (χ2v) is 5.63. The fourth-order valence-corrected chi connectivity index (χ4v) is 2.38. The smallest absolute Gasteiger partial charge is 0.266 e. The van der Waals surface area contributed by atoms with Crippen molar-refractivity contribution in [2.45, 2.75) is 6.92 Å². The van der Waals surface area contributed by atoms with E-state index in [0.29, 0.717) is 22.2 Å². The lowest BCUT2D eigenvalue weighted by Crippen LogP contribution is -2.14. The average molecular weight is 357 g/mol. The van der Waals surface area contributed by atoms with Crippen molar-refractivity contribution in [1.82, 2.24) is 0 Å². The summed E-state index contributed by atoms with van der Waals surface area (Å²) in [7, 11) is 3.07. The molecule has 2 aromatic carbocycles. The Hall–Kier alpha value is -2.97. The number of nitriles is 1. The van der Waals surface area contributed by atoms with Crippen molar-refractivity contribution in [3.05, 3.63) is 58.1 Å². The number of rotatable bonds is 5. The minimum atomic E-state index is -0.543. The third-order valence-corrected chi connectivity index (χ3v) is 3.79. The summed E-state index contributed by atoms with van der Waals surface area (Å²) in [6, 6.07) is 12.2. The summed E-state index contributed by atoms with van der Waals surface area (Å²) in [5, 5.41) is 12.4. The van der Waals surface area contributed by atoms with Crippen molar-refractivity contribution in [2.24, 2.45) is 0 Å². The standard InChI is InChI=1S/C19H17ClN2O3/c1-12-8-16(24-2)6-4-13(12)9-14(11-21)19(23)22-17-10-15(20)5-7-18(17)25-3/h4-10H,1-3H3,(H,22,23)/b14-9+. The monoisotopic (exact) mass is 356 g/mol. The van der Waals surface area contributed by atoms with Crippen LogP contribution in [-0.4, -0.2) is 20.1 Å². The first kappa shape index (κ1) is 18.4. The lowest BCUT2D eigenvalue weighted by atomic mass is 10.1. The van der Waals surface area contributed by atoms with Gasteiger partial charge in [0.25, 0.3) is 5.91 Å². The highest BCUT2D eigenvalue weighted by molar-refractivity contribution is 6.31. The van der Waals surface area contributed by atoms with Gasteiger partial charge in [-0.2, -0.15) is 5.26 Å². The van der Waals surface area contributed by atoms with E-state index in [2.05, 4.69) is 5.32 Å². The van der Waals surface area contributed by atoms with Crippen LogP contribution in [0.1, 0.15) is 11.1 Å². The molecule has 2 rings (SSSR count). The van der Waals surface area contributed by atoms with Gasteiger partial charge >= 0.3 is 0 Å². The molecule has 1 N–H and O–H groups in total. The number of ether oxygens (including phenoxy) is 2. The number of halogens is 1. The molecule has 0 aliphatic heterocycles. The van der Waals surface area contributed by atoms with Crippen molar-refractivity contribution in [3.8, 4) is 17.6 Å². The maximum absolute atomic E-state index is 12.4. The fraction of sp³-hybridized carbons (Fsp3) is 0.158. The zero-order valence-electron chi connectivity index (χ0n) is 14.1. The molecule has 0 atom stereocenters. The van der Waals surface area contributed by atoms with Crippen LogP contribution in [0.3, 0.4) is 0 Å². The van der Waals surface area contributed by atoms with E-state index in [1.54, 1.807) is 37.4 Å². The van der Waals surface area contributed by atoms with Crippen molar-refractivity contribution in [1.29, 1.82) is 5.26 Å². The highest BCUT2D eigenvalue weighted by atomic mass is 35.5. The minimum absolute atomic E-state index is 0.0321. The Morgan fingerprint density at radius 3 is 2.56 bits per heavy atom. The van der Waals surface area contributed by atoms with Gasteiger partial charge in [0, 0.05) is 5.02 Å². The number of amides is 1. The number of carbonyl (C=O) groups excluding carboxylic acids is 1. The molecule has 1 amide bonds. The summed E-state index contributed by atoms with van der Waals surface area (Å²) >= 11 is 5.95. The molecule has 2 aromatic rings. The van der Waals surface area contributed by atoms with Crippen molar-refractivity contribution >= 4 is 29.3 Å². The van der Waals surface area contributed by atoms with Gasteiger partial charge in [0.1, 0.15) is 23.1 Å². The van der Waals surface area contributed by atoms with Gasteiger partial charge in [-0.1, -0.05) is 17.7 Å². The largest absolute Gasteiger partial charge is 0.497 e. The number of carbonyl (C=O) groups is 1. The Morgan fingerprint density at radius 2 is 1.96 bits per heavy atom. The molecule has 5 nitrogen and oxygen atoms in total. The van der Waals surface area contributed by atoms with Crippen molar-refractivity contribution in [2.75, 3.05) is 19.5 Å². The van der Waals surface area contributed by atoms with Crippen molar-refractivity contribution < 1.29 is 14.3 Å². The Labute approximate surface area is 151 Å². The molecule has 0 aliphatic rings. The van der Waals surface area contributed by atoms with Crippen LogP contribution < -0.4 is 14.8 Å². The molecule has 0 saturated carbocycles. The van der Waals surface area contributed by atoms with E-state index in [-0.39, 0.29) is 5.57 Å². The van der Waals surface area contributed by atoms with Crippen LogP contribution >= 0.6 is 11.6 Å². The van der Waals surface area contributed by atoms with Gasteiger partial charge < -0.3 is 14.8 Å². The van der Waals surface area contributed by atoms with Crippen LogP contribution in [0, 0.1) is 18.3 Å². The number of hydrogen-bond donors (Lipinski definition) is 1. The zero-order valence-corrected chi connectivity index (χ0v) is 14.8. The van der Waals surface area contributed by atoms with Gasteiger partial charge in [-0.3, -0.25) is 4.79 Å². The van der Waals surface area contributed by atoms with E-state index >= 15 is 0 Å². The summed E-state index contributed by atoms with van der Waals surface area (Å²) in [5.74, 6) is 0.621. The van der Waals surface area contributed by atoms with Crippen LogP contribution in [0.2, 0.25) is 5.02 Å².